The first-order valence-corrected chi connectivity index (χ1v) is 7.69. The molecule has 5 nitrogen and oxygen atoms in total. The first-order valence-electron chi connectivity index (χ1n) is 6.89. The number of halogens is 1. The lowest BCUT2D eigenvalue weighted by Gasteiger charge is -2.27. The molecule has 0 spiro atoms. The third-order valence-corrected chi connectivity index (χ3v) is 4.32. The molecular weight excluding hydrogens is 324 g/mol. The molecule has 2 atom stereocenters. The van der Waals surface area contributed by atoms with Crippen LogP contribution in [-0.2, 0) is 6.54 Å². The molecule has 0 heterocycles. The van der Waals surface area contributed by atoms with E-state index in [2.05, 4.69) is 21.2 Å². The van der Waals surface area contributed by atoms with E-state index in [1.54, 1.807) is 12.1 Å². The van der Waals surface area contributed by atoms with Crippen molar-refractivity contribution in [2.75, 3.05) is 6.54 Å². The van der Waals surface area contributed by atoms with Crippen LogP contribution in [0.4, 0.5) is 5.69 Å². The second-order valence-electron chi connectivity index (χ2n) is 5.27. The zero-order chi connectivity index (χ0) is 14.5. The first kappa shape index (κ1) is 15.4. The first-order chi connectivity index (χ1) is 9.58. The Hall–Kier alpha value is -0.980. The summed E-state index contributed by atoms with van der Waals surface area (Å²) in [5.74, 6) is 0.259. The zero-order valence-corrected chi connectivity index (χ0v) is 12.8. The van der Waals surface area contributed by atoms with Crippen molar-refractivity contribution < 1.29 is 10.0 Å². The van der Waals surface area contributed by atoms with Gasteiger partial charge in [-0.25, -0.2) is 0 Å². The second-order valence-corrected chi connectivity index (χ2v) is 6.19. The van der Waals surface area contributed by atoms with Crippen molar-refractivity contribution >= 4 is 21.6 Å². The highest BCUT2D eigenvalue weighted by Crippen LogP contribution is 2.25. The Morgan fingerprint density at radius 1 is 1.40 bits per heavy atom. The molecule has 2 N–H and O–H groups in total. The number of hydrogen-bond acceptors (Lipinski definition) is 4. The summed E-state index contributed by atoms with van der Waals surface area (Å²) in [6.45, 7) is 1.14. The summed E-state index contributed by atoms with van der Waals surface area (Å²) in [4.78, 5) is 10.6. The zero-order valence-electron chi connectivity index (χ0n) is 11.2. The lowest BCUT2D eigenvalue weighted by Crippen LogP contribution is -2.33. The van der Waals surface area contributed by atoms with Gasteiger partial charge in [-0.15, -0.1) is 0 Å². The molecule has 1 aliphatic rings. The average Bonchev–Trinajstić information content (AvgIpc) is 2.41. The molecule has 1 fully saturated rings. The molecule has 1 aromatic carbocycles. The minimum atomic E-state index is -0.362. The number of benzene rings is 1. The number of nitrogens with one attached hydrogen (secondary N) is 1. The van der Waals surface area contributed by atoms with Crippen molar-refractivity contribution in [3.05, 3.63) is 38.3 Å². The van der Waals surface area contributed by atoms with Crippen molar-refractivity contribution in [2.24, 2.45) is 5.92 Å². The largest absolute Gasteiger partial charge is 0.393 e. The molecule has 2 unspecified atom stereocenters. The maximum Gasteiger partial charge on any atom is 0.273 e. The van der Waals surface area contributed by atoms with Gasteiger partial charge in [-0.2, -0.15) is 0 Å². The fourth-order valence-electron chi connectivity index (χ4n) is 2.69. The van der Waals surface area contributed by atoms with E-state index < -0.39 is 0 Å². The quantitative estimate of drug-likeness (QED) is 0.637. The molecule has 0 saturated heterocycles. The van der Waals surface area contributed by atoms with E-state index in [0.29, 0.717) is 18.7 Å². The standard InChI is InChI=1S/C14H19BrN2O3/c15-12-5-6-13(17(19)20)11(7-12)9-16-8-10-3-1-2-4-14(10)18/h5-7,10,14,16,18H,1-4,8-9H2. The van der Waals surface area contributed by atoms with Gasteiger partial charge in [-0.1, -0.05) is 28.8 Å². The molecule has 1 aromatic rings. The Morgan fingerprint density at radius 2 is 2.15 bits per heavy atom. The van der Waals surface area contributed by atoms with Crippen molar-refractivity contribution in [3.63, 3.8) is 0 Å². The Balaban J connectivity index is 1.93. The van der Waals surface area contributed by atoms with E-state index in [1.165, 1.54) is 6.07 Å². The van der Waals surface area contributed by atoms with Crippen LogP contribution in [-0.4, -0.2) is 22.7 Å². The van der Waals surface area contributed by atoms with Crippen molar-refractivity contribution in [1.29, 1.82) is 0 Å². The van der Waals surface area contributed by atoms with Gasteiger partial charge in [0.05, 0.1) is 11.0 Å². The van der Waals surface area contributed by atoms with Crippen molar-refractivity contribution in [2.45, 2.75) is 38.3 Å². The van der Waals surface area contributed by atoms with E-state index in [-0.39, 0.29) is 22.6 Å². The summed E-state index contributed by atoms with van der Waals surface area (Å²) < 4.78 is 0.831. The van der Waals surface area contributed by atoms with Crippen LogP contribution in [0.2, 0.25) is 0 Å². The van der Waals surface area contributed by atoms with Crippen LogP contribution in [0.3, 0.4) is 0 Å². The predicted molar refractivity (Wildman–Crippen MR) is 80.5 cm³/mol. The number of nitro benzene ring substituents is 1. The lowest BCUT2D eigenvalue weighted by atomic mass is 9.86. The number of hydrogen-bond donors (Lipinski definition) is 2. The van der Waals surface area contributed by atoms with E-state index in [1.807, 2.05) is 0 Å². The van der Waals surface area contributed by atoms with Crippen LogP contribution in [0.1, 0.15) is 31.2 Å². The molecule has 6 heteroatoms. The van der Waals surface area contributed by atoms with Crippen LogP contribution in [0.25, 0.3) is 0 Å². The highest BCUT2D eigenvalue weighted by molar-refractivity contribution is 9.10. The Morgan fingerprint density at radius 3 is 2.85 bits per heavy atom. The van der Waals surface area contributed by atoms with Gasteiger partial charge in [0, 0.05) is 29.2 Å². The Kier molecular flexibility index (Phi) is 5.51. The van der Waals surface area contributed by atoms with Crippen molar-refractivity contribution in [1.82, 2.24) is 5.32 Å². The molecule has 0 bridgehead atoms. The minimum Gasteiger partial charge on any atom is -0.393 e. The Bertz CT molecular complexity index is 481. The topological polar surface area (TPSA) is 75.4 Å². The molecule has 1 saturated carbocycles. The van der Waals surface area contributed by atoms with Crippen LogP contribution >= 0.6 is 15.9 Å². The van der Waals surface area contributed by atoms with E-state index in [9.17, 15) is 15.2 Å². The molecule has 0 radical (unpaired) electrons. The summed E-state index contributed by atoms with van der Waals surface area (Å²) in [7, 11) is 0. The summed E-state index contributed by atoms with van der Waals surface area (Å²) in [6, 6.07) is 4.95. The van der Waals surface area contributed by atoms with Crippen LogP contribution in [0.15, 0.2) is 22.7 Å². The summed E-state index contributed by atoms with van der Waals surface area (Å²) in [5.41, 5.74) is 0.791. The van der Waals surface area contributed by atoms with Crippen LogP contribution in [0.5, 0.6) is 0 Å². The second kappa shape index (κ2) is 7.15. The molecular formula is C14H19BrN2O3. The molecule has 0 amide bonds. The number of nitro groups is 1. The fourth-order valence-corrected chi connectivity index (χ4v) is 3.10. The monoisotopic (exact) mass is 342 g/mol. The highest BCUT2D eigenvalue weighted by Gasteiger charge is 2.22. The molecule has 0 aliphatic heterocycles. The third kappa shape index (κ3) is 4.01. The number of aliphatic hydroxyl groups is 1. The Labute approximate surface area is 126 Å². The van der Waals surface area contributed by atoms with Crippen LogP contribution in [0, 0.1) is 16.0 Å². The lowest BCUT2D eigenvalue weighted by molar-refractivity contribution is -0.385. The normalized spacial score (nSPS) is 22.7. The van der Waals surface area contributed by atoms with Gasteiger partial charge >= 0.3 is 0 Å². The maximum atomic E-state index is 11.0. The van der Waals surface area contributed by atoms with Gasteiger partial charge in [0.25, 0.3) is 5.69 Å². The van der Waals surface area contributed by atoms with Gasteiger partial charge in [-0.3, -0.25) is 10.1 Å². The van der Waals surface area contributed by atoms with E-state index in [0.717, 1.165) is 30.2 Å². The fraction of sp³-hybridized carbons (Fsp3) is 0.571. The highest BCUT2D eigenvalue weighted by atomic mass is 79.9. The summed E-state index contributed by atoms with van der Waals surface area (Å²) >= 11 is 3.33. The molecule has 20 heavy (non-hydrogen) atoms. The summed E-state index contributed by atoms with van der Waals surface area (Å²) in [6.07, 6.45) is 3.89. The van der Waals surface area contributed by atoms with E-state index >= 15 is 0 Å². The van der Waals surface area contributed by atoms with Gasteiger partial charge < -0.3 is 10.4 Å². The molecule has 0 aromatic heterocycles. The third-order valence-electron chi connectivity index (χ3n) is 3.83. The van der Waals surface area contributed by atoms with Gasteiger partial charge in [-0.05, 0) is 30.9 Å². The van der Waals surface area contributed by atoms with Gasteiger partial charge in [0.15, 0.2) is 0 Å². The smallest absolute Gasteiger partial charge is 0.273 e. The van der Waals surface area contributed by atoms with Crippen molar-refractivity contribution in [3.8, 4) is 0 Å². The van der Waals surface area contributed by atoms with E-state index in [4.69, 9.17) is 0 Å². The molecule has 2 rings (SSSR count). The van der Waals surface area contributed by atoms with Gasteiger partial charge in [0.2, 0.25) is 0 Å². The number of aliphatic hydroxyl groups excluding tert-OH is 1. The van der Waals surface area contributed by atoms with Crippen LogP contribution < -0.4 is 5.32 Å². The molecule has 110 valence electrons. The molecule has 1 aliphatic carbocycles. The summed E-state index contributed by atoms with van der Waals surface area (Å²) in [5, 5.41) is 24.1. The number of rotatable bonds is 5. The maximum absolute atomic E-state index is 11.0. The average molecular weight is 343 g/mol. The SMILES string of the molecule is O=[N+]([O-])c1ccc(Br)cc1CNCC1CCCCC1O. The minimum absolute atomic E-state index is 0.130. The van der Waals surface area contributed by atoms with Gasteiger partial charge in [0.1, 0.15) is 0 Å². The number of nitrogens with zero attached hydrogens (tertiary/aromatic N) is 1. The predicted octanol–water partition coefficient (Wildman–Crippen LogP) is 3.00.